The second-order valence-corrected chi connectivity index (χ2v) is 11.2. The van der Waals surface area contributed by atoms with Crippen LogP contribution in [0.15, 0.2) is 136 Å². The second-order valence-electron chi connectivity index (χ2n) is 7.72. The zero-order valence-corrected chi connectivity index (χ0v) is 21.4. The lowest BCUT2D eigenvalue weighted by Gasteiger charge is -2.33. The summed E-state index contributed by atoms with van der Waals surface area (Å²) in [5.74, 6) is -7.48. The van der Waals surface area contributed by atoms with Gasteiger partial charge in [0.05, 0.1) is 10.9 Å². The molecule has 0 fully saturated rings. The first-order valence-corrected chi connectivity index (χ1v) is 13.6. The molecule has 4 aromatic rings. The van der Waals surface area contributed by atoms with Crippen LogP contribution < -0.4 is 4.74 Å². The standard InChI is InChI=1S/C18H15S.C9H6F6O4S/c1-4-10-16(11-5-1)19(17-12-6-2-7-13-17)18-14-8-3-9-15-18;10-7(11,9(14,15)20(16,17)18)8(12,13)19-6-4-2-1-3-5-6/h1-15H;1-5H,(H,16,17,18)/q+1;/p-1. The number of benzene rings is 4. The van der Waals surface area contributed by atoms with Gasteiger partial charge in [-0.3, -0.25) is 0 Å². The van der Waals surface area contributed by atoms with E-state index in [0.29, 0.717) is 0 Å². The van der Waals surface area contributed by atoms with Crippen LogP contribution in [0.2, 0.25) is 0 Å². The maximum absolute atomic E-state index is 13.1. The second kappa shape index (κ2) is 12.1. The van der Waals surface area contributed by atoms with E-state index in [1.165, 1.54) is 20.8 Å². The van der Waals surface area contributed by atoms with Gasteiger partial charge in [0, 0.05) is 0 Å². The molecule has 206 valence electrons. The number of rotatable bonds is 8. The van der Waals surface area contributed by atoms with Gasteiger partial charge in [0.1, 0.15) is 5.75 Å². The zero-order chi connectivity index (χ0) is 28.7. The Balaban J connectivity index is 0.000000216. The van der Waals surface area contributed by atoms with Gasteiger partial charge in [-0.2, -0.15) is 26.3 Å². The van der Waals surface area contributed by atoms with E-state index in [9.17, 15) is 39.3 Å². The van der Waals surface area contributed by atoms with Crippen molar-refractivity contribution < 1.29 is 44.0 Å². The van der Waals surface area contributed by atoms with E-state index >= 15 is 0 Å². The molecule has 0 aliphatic rings. The average Bonchev–Trinajstić information content (AvgIpc) is 2.91. The van der Waals surface area contributed by atoms with E-state index in [0.717, 1.165) is 24.3 Å². The summed E-state index contributed by atoms with van der Waals surface area (Å²) < 4.78 is 111. The summed E-state index contributed by atoms with van der Waals surface area (Å²) in [6.45, 7) is 0. The molecule has 0 heterocycles. The van der Waals surface area contributed by atoms with Crippen LogP contribution in [-0.4, -0.2) is 30.3 Å². The van der Waals surface area contributed by atoms with Crippen molar-refractivity contribution in [2.75, 3.05) is 0 Å². The van der Waals surface area contributed by atoms with Crippen LogP contribution in [-0.2, 0) is 21.0 Å². The Hall–Kier alpha value is -3.48. The van der Waals surface area contributed by atoms with Gasteiger partial charge in [-0.15, -0.1) is 0 Å². The third kappa shape index (κ3) is 6.94. The number of halogens is 6. The minimum Gasteiger partial charge on any atom is -0.743 e. The summed E-state index contributed by atoms with van der Waals surface area (Å²) in [7, 11) is -7.04. The first-order chi connectivity index (χ1) is 18.3. The van der Waals surface area contributed by atoms with Crippen LogP contribution in [0.3, 0.4) is 0 Å². The van der Waals surface area contributed by atoms with Crippen molar-refractivity contribution in [3.8, 4) is 5.75 Å². The first-order valence-electron chi connectivity index (χ1n) is 11.0. The number of ether oxygens (including phenoxy) is 1. The van der Waals surface area contributed by atoms with Gasteiger partial charge in [-0.25, -0.2) is 8.42 Å². The number of alkyl halides is 6. The number of para-hydroxylation sites is 1. The molecule has 4 aromatic carbocycles. The van der Waals surface area contributed by atoms with Crippen molar-refractivity contribution in [2.24, 2.45) is 0 Å². The van der Waals surface area contributed by atoms with Crippen molar-refractivity contribution in [2.45, 2.75) is 32.0 Å². The van der Waals surface area contributed by atoms with Crippen LogP contribution in [0, 0.1) is 0 Å². The average molecular weight is 587 g/mol. The van der Waals surface area contributed by atoms with Crippen LogP contribution in [0.25, 0.3) is 0 Å². The van der Waals surface area contributed by atoms with Gasteiger partial charge in [-0.05, 0) is 48.5 Å². The van der Waals surface area contributed by atoms with E-state index in [1.807, 2.05) is 0 Å². The highest BCUT2D eigenvalue weighted by Gasteiger charge is 2.77. The van der Waals surface area contributed by atoms with Crippen LogP contribution in [0.5, 0.6) is 5.75 Å². The lowest BCUT2D eigenvalue weighted by atomic mass is 10.3. The highest BCUT2D eigenvalue weighted by Crippen LogP contribution is 2.48. The predicted octanol–water partition coefficient (Wildman–Crippen LogP) is 7.21. The molecule has 12 heteroatoms. The molecule has 4 rings (SSSR count). The molecule has 0 bridgehead atoms. The van der Waals surface area contributed by atoms with Crippen molar-refractivity contribution in [3.05, 3.63) is 121 Å². The maximum Gasteiger partial charge on any atom is 0.472 e. The Bertz CT molecular complexity index is 1330. The monoisotopic (exact) mass is 586 g/mol. The summed E-state index contributed by atoms with van der Waals surface area (Å²) in [5.41, 5.74) is 0. The Morgan fingerprint density at radius 1 is 0.564 bits per heavy atom. The molecule has 0 amide bonds. The van der Waals surface area contributed by atoms with Gasteiger partial charge in [0.25, 0.3) is 0 Å². The normalized spacial score (nSPS) is 12.4. The molecule has 0 aliphatic heterocycles. The zero-order valence-electron chi connectivity index (χ0n) is 19.8. The van der Waals surface area contributed by atoms with Crippen molar-refractivity contribution in [3.63, 3.8) is 0 Å². The van der Waals surface area contributed by atoms with Crippen LogP contribution >= 0.6 is 0 Å². The van der Waals surface area contributed by atoms with E-state index in [1.54, 1.807) is 0 Å². The minimum atomic E-state index is -7.03. The van der Waals surface area contributed by atoms with E-state index in [4.69, 9.17) is 0 Å². The largest absolute Gasteiger partial charge is 0.743 e. The molecule has 0 N–H and O–H groups in total. The smallest absolute Gasteiger partial charge is 0.472 e. The highest BCUT2D eigenvalue weighted by atomic mass is 32.2. The molecule has 39 heavy (non-hydrogen) atoms. The molecular formula is C27H20F6O4S2. The molecule has 0 saturated heterocycles. The lowest BCUT2D eigenvalue weighted by molar-refractivity contribution is -0.353. The summed E-state index contributed by atoms with van der Waals surface area (Å²) in [6, 6.07) is 37.1. The van der Waals surface area contributed by atoms with Crippen molar-refractivity contribution in [1.29, 1.82) is 0 Å². The molecule has 0 aliphatic carbocycles. The van der Waals surface area contributed by atoms with Gasteiger partial charge in [0.15, 0.2) is 24.8 Å². The van der Waals surface area contributed by atoms with Crippen LogP contribution in [0.1, 0.15) is 0 Å². The topological polar surface area (TPSA) is 66.4 Å². The Kier molecular flexibility index (Phi) is 9.36. The lowest BCUT2D eigenvalue weighted by Crippen LogP contribution is -2.60. The first kappa shape index (κ1) is 30.1. The van der Waals surface area contributed by atoms with E-state index in [-0.39, 0.29) is 10.9 Å². The molecule has 0 atom stereocenters. The maximum atomic E-state index is 13.1. The Morgan fingerprint density at radius 2 is 0.872 bits per heavy atom. The third-order valence-electron chi connectivity index (χ3n) is 4.97. The van der Waals surface area contributed by atoms with Crippen molar-refractivity contribution in [1.82, 2.24) is 0 Å². The number of hydrogen-bond donors (Lipinski definition) is 0. The molecule has 0 unspecified atom stereocenters. The fourth-order valence-electron chi connectivity index (χ4n) is 3.11. The molecule has 0 radical (unpaired) electrons. The molecule has 0 aromatic heterocycles. The summed E-state index contributed by atoms with van der Waals surface area (Å²) in [6.07, 6.45) is -5.92. The molecular weight excluding hydrogens is 566 g/mol. The highest BCUT2D eigenvalue weighted by molar-refractivity contribution is 7.97. The summed E-state index contributed by atoms with van der Waals surface area (Å²) >= 11 is 0. The third-order valence-corrected chi connectivity index (χ3v) is 8.09. The van der Waals surface area contributed by atoms with E-state index < -0.39 is 33.2 Å². The van der Waals surface area contributed by atoms with E-state index in [2.05, 4.69) is 95.7 Å². The predicted molar refractivity (Wildman–Crippen MR) is 133 cm³/mol. The van der Waals surface area contributed by atoms with Gasteiger partial charge in [0.2, 0.25) is 0 Å². The molecule has 0 spiro atoms. The summed E-state index contributed by atoms with van der Waals surface area (Å²) in [4.78, 5) is 4.08. The Morgan fingerprint density at radius 3 is 1.18 bits per heavy atom. The quantitative estimate of drug-likeness (QED) is 0.124. The van der Waals surface area contributed by atoms with Crippen LogP contribution in [0.4, 0.5) is 26.3 Å². The van der Waals surface area contributed by atoms with Gasteiger partial charge < -0.3 is 9.29 Å². The molecule has 4 nitrogen and oxygen atoms in total. The number of hydrogen-bond acceptors (Lipinski definition) is 4. The SMILES string of the molecule is O=S(=O)([O-])C(F)(F)C(F)(F)C(F)(F)Oc1ccccc1.c1ccc([S+](c2ccccc2)c2ccccc2)cc1. The Labute approximate surface area is 224 Å². The fourth-order valence-corrected chi connectivity index (χ4v) is 5.64. The fraction of sp³-hybridized carbons (Fsp3) is 0.111. The molecule has 0 saturated carbocycles. The summed E-state index contributed by atoms with van der Waals surface area (Å²) in [5, 5.41) is -6.54. The van der Waals surface area contributed by atoms with Crippen molar-refractivity contribution >= 4 is 21.0 Å². The van der Waals surface area contributed by atoms with Gasteiger partial charge >= 0.3 is 17.3 Å². The minimum absolute atomic E-state index is 0.0146. The van der Waals surface area contributed by atoms with Gasteiger partial charge in [-0.1, -0.05) is 72.8 Å².